The summed E-state index contributed by atoms with van der Waals surface area (Å²) in [6, 6.07) is 14.8. The highest BCUT2D eigenvalue weighted by Gasteiger charge is 2.10. The number of nitriles is 1. The molecule has 0 bridgehead atoms. The Labute approximate surface area is 158 Å². The van der Waals surface area contributed by atoms with Crippen molar-refractivity contribution in [2.24, 2.45) is 0 Å². The Morgan fingerprint density at radius 3 is 2.72 bits per heavy atom. The molecule has 3 aromatic rings. The van der Waals surface area contributed by atoms with Gasteiger partial charge in [-0.05, 0) is 48.4 Å². The summed E-state index contributed by atoms with van der Waals surface area (Å²) in [6.07, 6.45) is 2.56. The molecule has 1 aromatic heterocycles. The molecule has 0 saturated carbocycles. The van der Waals surface area contributed by atoms with Crippen molar-refractivity contribution in [1.82, 2.24) is 4.98 Å². The first-order valence-electron chi connectivity index (χ1n) is 7.56. The zero-order valence-electron chi connectivity index (χ0n) is 13.4. The van der Waals surface area contributed by atoms with Crippen molar-refractivity contribution in [2.75, 3.05) is 5.32 Å². The predicted molar refractivity (Wildman–Crippen MR) is 103 cm³/mol. The molecule has 1 heterocycles. The predicted octanol–water partition coefficient (Wildman–Crippen LogP) is 4.93. The monoisotopic (exact) mass is 411 g/mol. The van der Waals surface area contributed by atoms with Gasteiger partial charge in [-0.15, -0.1) is 11.3 Å². The van der Waals surface area contributed by atoms with Gasteiger partial charge in [0.05, 0.1) is 11.6 Å². The Morgan fingerprint density at radius 2 is 2.04 bits per heavy atom. The summed E-state index contributed by atoms with van der Waals surface area (Å²) in [5.74, 6) is -0.232. The fourth-order valence-electron chi connectivity index (χ4n) is 2.33. The number of aromatic nitrogens is 1. The lowest BCUT2D eigenvalue weighted by Gasteiger charge is -2.03. The fraction of sp³-hybridized carbons (Fsp3) is 0.105. The van der Waals surface area contributed by atoms with Crippen LogP contribution >= 0.6 is 27.3 Å². The second kappa shape index (κ2) is 7.60. The molecule has 0 radical (unpaired) electrons. The van der Waals surface area contributed by atoms with Crippen LogP contribution in [-0.4, -0.2) is 10.9 Å². The van der Waals surface area contributed by atoms with Crippen molar-refractivity contribution in [2.45, 2.75) is 13.3 Å². The third-order valence-electron chi connectivity index (χ3n) is 3.65. The molecule has 0 unspecified atom stereocenters. The van der Waals surface area contributed by atoms with Gasteiger partial charge in [-0.25, -0.2) is 4.98 Å². The number of carbonyl (C=O) groups is 1. The van der Waals surface area contributed by atoms with E-state index in [1.54, 1.807) is 30.5 Å². The first-order chi connectivity index (χ1) is 12.0. The number of rotatable bonds is 4. The van der Waals surface area contributed by atoms with Crippen LogP contribution in [0.25, 0.3) is 0 Å². The van der Waals surface area contributed by atoms with Crippen LogP contribution in [0.15, 0.2) is 53.1 Å². The summed E-state index contributed by atoms with van der Waals surface area (Å²) in [5.41, 5.74) is 3.42. The Morgan fingerprint density at radius 1 is 1.28 bits per heavy atom. The Bertz CT molecular complexity index is 958. The minimum absolute atomic E-state index is 0.232. The molecule has 0 saturated heterocycles. The molecule has 0 spiro atoms. The van der Waals surface area contributed by atoms with Gasteiger partial charge in [0, 0.05) is 27.5 Å². The van der Waals surface area contributed by atoms with E-state index < -0.39 is 0 Å². The van der Waals surface area contributed by atoms with Gasteiger partial charge in [0.2, 0.25) is 0 Å². The van der Waals surface area contributed by atoms with Gasteiger partial charge >= 0.3 is 0 Å². The number of thiazole rings is 1. The highest BCUT2D eigenvalue weighted by atomic mass is 79.9. The molecule has 1 amide bonds. The number of aryl methyl sites for hydroxylation is 1. The lowest BCUT2D eigenvalue weighted by Crippen LogP contribution is -2.11. The zero-order chi connectivity index (χ0) is 17.8. The smallest absolute Gasteiger partial charge is 0.257 e. The summed E-state index contributed by atoms with van der Waals surface area (Å²) >= 11 is 4.96. The van der Waals surface area contributed by atoms with E-state index in [2.05, 4.69) is 45.3 Å². The molecule has 0 atom stereocenters. The van der Waals surface area contributed by atoms with E-state index in [1.165, 1.54) is 22.5 Å². The standard InChI is InChI=1S/C19H14BrN3OS/c1-12-8-14(4-7-17(12)20)9-16-11-22-19(25-16)23-18(24)15-5-2-13(10-21)3-6-15/h2-8,11H,9H2,1H3,(H,22,23,24). The second-order valence-corrected chi connectivity index (χ2v) is 7.50. The van der Waals surface area contributed by atoms with Crippen LogP contribution in [0.3, 0.4) is 0 Å². The summed E-state index contributed by atoms with van der Waals surface area (Å²) in [6.45, 7) is 2.06. The van der Waals surface area contributed by atoms with Crippen LogP contribution in [0.5, 0.6) is 0 Å². The highest BCUT2D eigenvalue weighted by Crippen LogP contribution is 2.24. The quantitative estimate of drug-likeness (QED) is 0.661. The summed E-state index contributed by atoms with van der Waals surface area (Å²) in [5, 5.41) is 12.2. The minimum atomic E-state index is -0.232. The number of carbonyl (C=O) groups excluding carboxylic acids is 1. The third kappa shape index (κ3) is 4.32. The van der Waals surface area contributed by atoms with Crippen molar-refractivity contribution in [3.8, 4) is 6.07 Å². The van der Waals surface area contributed by atoms with Crippen molar-refractivity contribution in [1.29, 1.82) is 5.26 Å². The van der Waals surface area contributed by atoms with E-state index in [9.17, 15) is 4.79 Å². The van der Waals surface area contributed by atoms with Gasteiger partial charge in [0.1, 0.15) is 0 Å². The van der Waals surface area contributed by atoms with Crippen LogP contribution in [0.4, 0.5) is 5.13 Å². The maximum atomic E-state index is 12.2. The van der Waals surface area contributed by atoms with Gasteiger partial charge in [-0.2, -0.15) is 5.26 Å². The summed E-state index contributed by atoms with van der Waals surface area (Å²) in [7, 11) is 0. The highest BCUT2D eigenvalue weighted by molar-refractivity contribution is 9.10. The van der Waals surface area contributed by atoms with Crippen molar-refractivity contribution in [3.63, 3.8) is 0 Å². The van der Waals surface area contributed by atoms with Crippen molar-refractivity contribution in [3.05, 3.63) is 80.3 Å². The molecule has 4 nitrogen and oxygen atoms in total. The fourth-order valence-corrected chi connectivity index (χ4v) is 3.42. The Kier molecular flexibility index (Phi) is 5.27. The molecular weight excluding hydrogens is 398 g/mol. The molecule has 124 valence electrons. The number of nitrogens with one attached hydrogen (secondary N) is 1. The molecule has 0 fully saturated rings. The average molecular weight is 412 g/mol. The normalized spacial score (nSPS) is 10.3. The van der Waals surface area contributed by atoms with E-state index in [-0.39, 0.29) is 5.91 Å². The van der Waals surface area contributed by atoms with Gasteiger partial charge in [-0.1, -0.05) is 28.1 Å². The van der Waals surface area contributed by atoms with E-state index in [1.807, 2.05) is 12.1 Å². The summed E-state index contributed by atoms with van der Waals surface area (Å²) in [4.78, 5) is 17.6. The van der Waals surface area contributed by atoms with Crippen molar-refractivity contribution < 1.29 is 4.79 Å². The number of halogens is 1. The topological polar surface area (TPSA) is 65.8 Å². The van der Waals surface area contributed by atoms with Gasteiger partial charge in [-0.3, -0.25) is 10.1 Å². The van der Waals surface area contributed by atoms with Crippen LogP contribution in [0.2, 0.25) is 0 Å². The third-order valence-corrected chi connectivity index (χ3v) is 5.45. The average Bonchev–Trinajstić information content (AvgIpc) is 3.05. The zero-order valence-corrected chi connectivity index (χ0v) is 15.8. The largest absolute Gasteiger partial charge is 0.298 e. The Hall–Kier alpha value is -2.49. The van der Waals surface area contributed by atoms with E-state index in [0.29, 0.717) is 16.3 Å². The molecule has 0 aliphatic rings. The number of benzene rings is 2. The van der Waals surface area contributed by atoms with Crippen molar-refractivity contribution >= 4 is 38.3 Å². The van der Waals surface area contributed by atoms with Gasteiger partial charge < -0.3 is 0 Å². The lowest BCUT2D eigenvalue weighted by atomic mass is 10.1. The molecule has 0 aliphatic carbocycles. The van der Waals surface area contributed by atoms with Crippen LogP contribution in [-0.2, 0) is 6.42 Å². The number of amides is 1. The lowest BCUT2D eigenvalue weighted by molar-refractivity contribution is 0.102. The number of nitrogens with zero attached hydrogens (tertiary/aromatic N) is 2. The first kappa shape index (κ1) is 17.3. The Balaban J connectivity index is 1.67. The van der Waals surface area contributed by atoms with Gasteiger partial charge in [0.25, 0.3) is 5.91 Å². The van der Waals surface area contributed by atoms with Gasteiger partial charge in [0.15, 0.2) is 5.13 Å². The maximum absolute atomic E-state index is 12.2. The molecule has 6 heteroatoms. The second-order valence-electron chi connectivity index (χ2n) is 5.54. The summed E-state index contributed by atoms with van der Waals surface area (Å²) < 4.78 is 1.09. The molecule has 2 aromatic carbocycles. The van der Waals surface area contributed by atoms with Crippen LogP contribution in [0, 0.1) is 18.3 Å². The minimum Gasteiger partial charge on any atom is -0.298 e. The molecule has 0 aliphatic heterocycles. The van der Waals surface area contributed by atoms with Crippen LogP contribution in [0.1, 0.15) is 31.9 Å². The molecule has 25 heavy (non-hydrogen) atoms. The van der Waals surface area contributed by atoms with E-state index in [0.717, 1.165) is 15.8 Å². The van der Waals surface area contributed by atoms with E-state index >= 15 is 0 Å². The number of anilines is 1. The SMILES string of the molecule is Cc1cc(Cc2cnc(NC(=O)c3ccc(C#N)cc3)s2)ccc1Br. The number of hydrogen-bond acceptors (Lipinski definition) is 4. The van der Waals surface area contributed by atoms with E-state index in [4.69, 9.17) is 5.26 Å². The molecule has 1 N–H and O–H groups in total. The first-order valence-corrected chi connectivity index (χ1v) is 9.17. The molecule has 3 rings (SSSR count). The number of hydrogen-bond donors (Lipinski definition) is 1. The maximum Gasteiger partial charge on any atom is 0.257 e. The van der Waals surface area contributed by atoms with Crippen LogP contribution < -0.4 is 5.32 Å². The molecular formula is C19H14BrN3OS.